The van der Waals surface area contributed by atoms with E-state index in [0.717, 1.165) is 0 Å². The van der Waals surface area contributed by atoms with Gasteiger partial charge >= 0.3 is 5.97 Å². The number of aryl methyl sites for hydroxylation is 1. The number of halogens is 1. The number of esters is 1. The van der Waals surface area contributed by atoms with Gasteiger partial charge in [0.1, 0.15) is 12.4 Å². The SMILES string of the molecule is Cc1ccc(F)cc1NC(=O)COC(=O)[C@@H]1COc2ccccc2O1. The first-order valence-electron chi connectivity index (χ1n) is 7.64. The predicted molar refractivity (Wildman–Crippen MR) is 87.1 cm³/mol. The summed E-state index contributed by atoms with van der Waals surface area (Å²) in [6.45, 7) is 1.22. The summed E-state index contributed by atoms with van der Waals surface area (Å²) in [7, 11) is 0. The number of anilines is 1. The summed E-state index contributed by atoms with van der Waals surface area (Å²) in [5.74, 6) is -0.759. The molecular weight excluding hydrogens is 329 g/mol. The number of carbonyl (C=O) groups is 2. The van der Waals surface area contributed by atoms with E-state index in [-0.39, 0.29) is 6.61 Å². The Bertz CT molecular complexity index is 808. The molecule has 2 aromatic rings. The van der Waals surface area contributed by atoms with Crippen molar-refractivity contribution >= 4 is 17.6 Å². The first kappa shape index (κ1) is 16.8. The zero-order valence-corrected chi connectivity index (χ0v) is 13.5. The second-order valence-electron chi connectivity index (χ2n) is 5.48. The van der Waals surface area contributed by atoms with Gasteiger partial charge in [0.15, 0.2) is 18.1 Å². The fraction of sp³-hybridized carbons (Fsp3) is 0.222. The van der Waals surface area contributed by atoms with Gasteiger partial charge in [-0.15, -0.1) is 0 Å². The maximum absolute atomic E-state index is 13.2. The van der Waals surface area contributed by atoms with Crippen LogP contribution in [0.2, 0.25) is 0 Å². The van der Waals surface area contributed by atoms with E-state index in [0.29, 0.717) is 22.7 Å². The van der Waals surface area contributed by atoms with Crippen molar-refractivity contribution < 1.29 is 28.2 Å². The minimum atomic E-state index is -0.946. The van der Waals surface area contributed by atoms with Crippen molar-refractivity contribution in [2.75, 3.05) is 18.5 Å². The molecule has 0 unspecified atom stereocenters. The molecule has 0 saturated carbocycles. The standard InChI is InChI=1S/C18H16FNO5/c1-11-6-7-12(19)8-13(11)20-17(21)10-24-18(22)16-9-23-14-4-2-3-5-15(14)25-16/h2-8,16H,9-10H2,1H3,(H,20,21)/t16-/m0/s1. The molecule has 1 amide bonds. The lowest BCUT2D eigenvalue weighted by Gasteiger charge is -2.24. The minimum absolute atomic E-state index is 0.000467. The van der Waals surface area contributed by atoms with E-state index in [1.807, 2.05) is 0 Å². The highest BCUT2D eigenvalue weighted by Gasteiger charge is 2.29. The normalized spacial score (nSPS) is 15.4. The van der Waals surface area contributed by atoms with Crippen molar-refractivity contribution in [3.63, 3.8) is 0 Å². The zero-order chi connectivity index (χ0) is 17.8. The smallest absolute Gasteiger partial charge is 0.351 e. The van der Waals surface area contributed by atoms with Crippen LogP contribution in [0.5, 0.6) is 11.5 Å². The van der Waals surface area contributed by atoms with Crippen molar-refractivity contribution in [1.29, 1.82) is 0 Å². The number of hydrogen-bond acceptors (Lipinski definition) is 5. The molecular formula is C18H16FNO5. The third-order valence-electron chi connectivity index (χ3n) is 3.59. The average Bonchev–Trinajstić information content (AvgIpc) is 2.62. The van der Waals surface area contributed by atoms with Crippen molar-refractivity contribution in [3.05, 3.63) is 53.8 Å². The highest BCUT2D eigenvalue weighted by molar-refractivity contribution is 5.93. The average molecular weight is 345 g/mol. The Morgan fingerprint density at radius 3 is 2.80 bits per heavy atom. The van der Waals surface area contributed by atoms with Gasteiger partial charge < -0.3 is 19.5 Å². The fourth-order valence-electron chi connectivity index (χ4n) is 2.28. The summed E-state index contributed by atoms with van der Waals surface area (Å²) < 4.78 is 29.1. The largest absolute Gasteiger partial charge is 0.485 e. The Hall–Kier alpha value is -3.09. The van der Waals surface area contributed by atoms with Crippen LogP contribution in [-0.2, 0) is 14.3 Å². The number of ether oxygens (including phenoxy) is 3. The van der Waals surface area contributed by atoms with Gasteiger partial charge in [0, 0.05) is 5.69 Å². The minimum Gasteiger partial charge on any atom is -0.485 e. The van der Waals surface area contributed by atoms with Crippen LogP contribution in [0, 0.1) is 12.7 Å². The van der Waals surface area contributed by atoms with E-state index in [9.17, 15) is 14.0 Å². The molecule has 1 heterocycles. The van der Waals surface area contributed by atoms with E-state index >= 15 is 0 Å². The summed E-state index contributed by atoms with van der Waals surface area (Å²) in [5.41, 5.74) is 1.02. The number of carbonyl (C=O) groups excluding carboxylic acids is 2. The second kappa shape index (κ2) is 7.21. The highest BCUT2D eigenvalue weighted by Crippen LogP contribution is 2.31. The van der Waals surface area contributed by atoms with Gasteiger partial charge in [-0.05, 0) is 36.8 Å². The predicted octanol–water partition coefficient (Wildman–Crippen LogP) is 2.46. The number of hydrogen-bond donors (Lipinski definition) is 1. The molecule has 0 saturated heterocycles. The van der Waals surface area contributed by atoms with Crippen LogP contribution in [0.15, 0.2) is 42.5 Å². The number of benzene rings is 2. The van der Waals surface area contributed by atoms with Crippen LogP contribution in [0.1, 0.15) is 5.56 Å². The molecule has 1 aliphatic rings. The second-order valence-corrected chi connectivity index (χ2v) is 5.48. The summed E-state index contributed by atoms with van der Waals surface area (Å²) >= 11 is 0. The molecule has 1 atom stereocenters. The van der Waals surface area contributed by atoms with Crippen LogP contribution in [0.4, 0.5) is 10.1 Å². The quantitative estimate of drug-likeness (QED) is 0.862. The molecule has 0 aromatic heterocycles. The molecule has 7 heteroatoms. The first-order valence-corrected chi connectivity index (χ1v) is 7.64. The highest BCUT2D eigenvalue weighted by atomic mass is 19.1. The van der Waals surface area contributed by atoms with E-state index in [1.165, 1.54) is 12.1 Å². The molecule has 0 radical (unpaired) electrons. The van der Waals surface area contributed by atoms with Crippen molar-refractivity contribution in [2.45, 2.75) is 13.0 Å². The van der Waals surface area contributed by atoms with Crippen molar-refractivity contribution in [3.8, 4) is 11.5 Å². The lowest BCUT2D eigenvalue weighted by Crippen LogP contribution is -2.39. The van der Waals surface area contributed by atoms with Crippen LogP contribution in [0.3, 0.4) is 0 Å². The molecule has 0 aliphatic carbocycles. The molecule has 3 rings (SSSR count). The summed E-state index contributed by atoms with van der Waals surface area (Å²) in [5, 5.41) is 2.50. The molecule has 0 bridgehead atoms. The number of fused-ring (bicyclic) bond motifs is 1. The molecule has 1 aliphatic heterocycles. The van der Waals surface area contributed by atoms with Gasteiger partial charge in [0.2, 0.25) is 6.10 Å². The summed E-state index contributed by atoms with van der Waals surface area (Å²) in [4.78, 5) is 23.9. The number of amides is 1. The molecule has 2 aromatic carbocycles. The van der Waals surface area contributed by atoms with Gasteiger partial charge in [0.05, 0.1) is 0 Å². The monoisotopic (exact) mass is 345 g/mol. The Morgan fingerprint density at radius 1 is 1.24 bits per heavy atom. The van der Waals surface area contributed by atoms with Gasteiger partial charge in [-0.25, -0.2) is 9.18 Å². The Kier molecular flexibility index (Phi) is 4.83. The Balaban J connectivity index is 1.52. The first-order chi connectivity index (χ1) is 12.0. The van der Waals surface area contributed by atoms with Gasteiger partial charge in [-0.3, -0.25) is 4.79 Å². The number of rotatable bonds is 4. The molecule has 25 heavy (non-hydrogen) atoms. The van der Waals surface area contributed by atoms with E-state index in [2.05, 4.69) is 5.32 Å². The molecule has 0 fully saturated rings. The van der Waals surface area contributed by atoms with Crippen molar-refractivity contribution in [1.82, 2.24) is 0 Å². The van der Waals surface area contributed by atoms with Gasteiger partial charge in [-0.1, -0.05) is 18.2 Å². The molecule has 130 valence electrons. The Labute approximate surface area is 143 Å². The van der Waals surface area contributed by atoms with Crippen LogP contribution in [0.25, 0.3) is 0 Å². The molecule has 6 nitrogen and oxygen atoms in total. The molecule has 1 N–H and O–H groups in total. The van der Waals surface area contributed by atoms with Gasteiger partial charge in [0.25, 0.3) is 5.91 Å². The van der Waals surface area contributed by atoms with Crippen LogP contribution >= 0.6 is 0 Å². The van der Waals surface area contributed by atoms with E-state index in [4.69, 9.17) is 14.2 Å². The maximum atomic E-state index is 13.2. The van der Waals surface area contributed by atoms with Crippen molar-refractivity contribution in [2.24, 2.45) is 0 Å². The van der Waals surface area contributed by atoms with E-state index in [1.54, 1.807) is 37.3 Å². The zero-order valence-electron chi connectivity index (χ0n) is 13.5. The van der Waals surface area contributed by atoms with E-state index < -0.39 is 30.4 Å². The maximum Gasteiger partial charge on any atom is 0.351 e. The number of nitrogens with one attached hydrogen (secondary N) is 1. The van der Waals surface area contributed by atoms with Gasteiger partial charge in [-0.2, -0.15) is 0 Å². The third kappa shape index (κ3) is 4.06. The summed E-state index contributed by atoms with van der Waals surface area (Å²) in [6.07, 6.45) is -0.946. The topological polar surface area (TPSA) is 73.9 Å². The fourth-order valence-corrected chi connectivity index (χ4v) is 2.28. The van der Waals surface area contributed by atoms with Crippen LogP contribution in [-0.4, -0.2) is 31.2 Å². The lowest BCUT2D eigenvalue weighted by atomic mass is 10.2. The third-order valence-corrected chi connectivity index (χ3v) is 3.59. The lowest BCUT2D eigenvalue weighted by molar-refractivity contribution is -0.156. The molecule has 0 spiro atoms. The van der Waals surface area contributed by atoms with Crippen LogP contribution < -0.4 is 14.8 Å². The Morgan fingerprint density at radius 2 is 2.00 bits per heavy atom. The number of para-hydroxylation sites is 2. The summed E-state index contributed by atoms with van der Waals surface area (Å²) in [6, 6.07) is 11.0.